The molecule has 3 N–H and O–H groups in total. The zero-order valence-corrected chi connectivity index (χ0v) is 8.67. The number of primary amides is 1. The van der Waals surface area contributed by atoms with Gasteiger partial charge in [0, 0.05) is 13.1 Å². The quantitative estimate of drug-likeness (QED) is 0.584. The van der Waals surface area contributed by atoms with Crippen LogP contribution in [-0.2, 0) is 0 Å². The highest BCUT2D eigenvalue weighted by molar-refractivity contribution is 6.01. The van der Waals surface area contributed by atoms with Crippen LogP contribution in [0.4, 0.5) is 17.1 Å². The van der Waals surface area contributed by atoms with E-state index >= 15 is 0 Å². The van der Waals surface area contributed by atoms with E-state index in [4.69, 9.17) is 5.73 Å². The molecule has 0 saturated carbocycles. The van der Waals surface area contributed by atoms with Gasteiger partial charge in [-0.15, -0.1) is 0 Å². The fourth-order valence-corrected chi connectivity index (χ4v) is 1.32. The summed E-state index contributed by atoms with van der Waals surface area (Å²) in [5, 5.41) is 23.7. The van der Waals surface area contributed by atoms with Crippen molar-refractivity contribution >= 4 is 23.0 Å². The molecule has 0 spiro atoms. The van der Waals surface area contributed by atoms with E-state index in [1.165, 1.54) is 7.05 Å². The van der Waals surface area contributed by atoms with Gasteiger partial charge < -0.3 is 11.1 Å². The van der Waals surface area contributed by atoms with E-state index in [0.717, 1.165) is 12.1 Å². The van der Waals surface area contributed by atoms with Gasteiger partial charge in [0.25, 0.3) is 17.3 Å². The number of benzene rings is 1. The van der Waals surface area contributed by atoms with E-state index in [0.29, 0.717) is 0 Å². The van der Waals surface area contributed by atoms with E-state index in [2.05, 4.69) is 5.32 Å². The number of nitrogens with zero attached hydrogens (tertiary/aromatic N) is 2. The molecule has 1 amide bonds. The highest BCUT2D eigenvalue weighted by Crippen LogP contribution is 2.32. The molecule has 0 bridgehead atoms. The predicted molar refractivity (Wildman–Crippen MR) is 57.8 cm³/mol. The lowest BCUT2D eigenvalue weighted by Crippen LogP contribution is -2.15. The molecular formula is C8H8N4O5. The maximum atomic E-state index is 11.1. The summed E-state index contributed by atoms with van der Waals surface area (Å²) in [6.07, 6.45) is 0. The summed E-state index contributed by atoms with van der Waals surface area (Å²) < 4.78 is 0. The Bertz CT molecular complexity index is 478. The molecule has 1 rings (SSSR count). The minimum Gasteiger partial charge on any atom is -0.382 e. The molecule has 0 fully saturated rings. The predicted octanol–water partition coefficient (Wildman–Crippen LogP) is 0.644. The van der Waals surface area contributed by atoms with Gasteiger partial charge in [0.15, 0.2) is 0 Å². The van der Waals surface area contributed by atoms with Crippen molar-refractivity contribution < 1.29 is 14.6 Å². The molecule has 90 valence electrons. The van der Waals surface area contributed by atoms with Crippen LogP contribution in [-0.4, -0.2) is 22.8 Å². The van der Waals surface area contributed by atoms with Crippen molar-refractivity contribution in [3.8, 4) is 0 Å². The van der Waals surface area contributed by atoms with Crippen LogP contribution in [0.1, 0.15) is 10.4 Å². The van der Waals surface area contributed by atoms with E-state index in [-0.39, 0.29) is 11.3 Å². The van der Waals surface area contributed by atoms with Gasteiger partial charge in [-0.3, -0.25) is 25.0 Å². The SMILES string of the molecule is CNc1c(C(N)=O)cc([N+](=O)[O-])cc1[N+](=O)[O-]. The highest BCUT2D eigenvalue weighted by atomic mass is 16.6. The molecule has 0 aliphatic rings. The molecule has 0 atom stereocenters. The molecule has 0 aliphatic carbocycles. The Labute approximate surface area is 94.5 Å². The van der Waals surface area contributed by atoms with Crippen molar-refractivity contribution in [2.24, 2.45) is 5.73 Å². The fraction of sp³-hybridized carbons (Fsp3) is 0.125. The summed E-state index contributed by atoms with van der Waals surface area (Å²) in [4.78, 5) is 30.7. The smallest absolute Gasteiger partial charge is 0.300 e. The molecule has 9 nitrogen and oxygen atoms in total. The Kier molecular flexibility index (Phi) is 3.22. The molecular weight excluding hydrogens is 232 g/mol. The molecule has 17 heavy (non-hydrogen) atoms. The van der Waals surface area contributed by atoms with Gasteiger partial charge in [0.05, 0.1) is 21.5 Å². The second kappa shape index (κ2) is 4.43. The lowest BCUT2D eigenvalue weighted by molar-refractivity contribution is -0.393. The van der Waals surface area contributed by atoms with Gasteiger partial charge in [-0.25, -0.2) is 0 Å². The molecule has 9 heteroatoms. The lowest BCUT2D eigenvalue weighted by atomic mass is 10.1. The van der Waals surface area contributed by atoms with Crippen molar-refractivity contribution in [1.29, 1.82) is 0 Å². The normalized spacial score (nSPS) is 9.71. The Balaban J connectivity index is 3.63. The number of non-ortho nitro benzene ring substituents is 1. The molecule has 0 radical (unpaired) electrons. The number of carbonyl (C=O) groups excluding carboxylic acids is 1. The summed E-state index contributed by atoms with van der Waals surface area (Å²) in [6, 6.07) is 1.65. The van der Waals surface area contributed by atoms with Gasteiger partial charge >= 0.3 is 0 Å². The number of hydrogen-bond acceptors (Lipinski definition) is 6. The third-order valence-electron chi connectivity index (χ3n) is 2.03. The van der Waals surface area contributed by atoms with Crippen LogP contribution < -0.4 is 11.1 Å². The first kappa shape index (κ1) is 12.4. The van der Waals surface area contributed by atoms with Gasteiger partial charge in [-0.1, -0.05) is 0 Å². The molecule has 1 aromatic rings. The van der Waals surface area contributed by atoms with E-state index < -0.39 is 27.1 Å². The number of hydrogen-bond donors (Lipinski definition) is 2. The maximum Gasteiger partial charge on any atom is 0.300 e. The lowest BCUT2D eigenvalue weighted by Gasteiger charge is -2.06. The van der Waals surface area contributed by atoms with Crippen LogP contribution in [0.5, 0.6) is 0 Å². The van der Waals surface area contributed by atoms with E-state index in [9.17, 15) is 25.0 Å². The highest BCUT2D eigenvalue weighted by Gasteiger charge is 2.25. The van der Waals surface area contributed by atoms with Gasteiger partial charge in [0.2, 0.25) is 0 Å². The molecule has 0 heterocycles. The largest absolute Gasteiger partial charge is 0.382 e. The summed E-state index contributed by atoms with van der Waals surface area (Å²) >= 11 is 0. The number of carbonyl (C=O) groups is 1. The minimum atomic E-state index is -0.985. The number of nitrogens with one attached hydrogen (secondary N) is 1. The van der Waals surface area contributed by atoms with Crippen LogP contribution in [0, 0.1) is 20.2 Å². The summed E-state index contributed by atoms with van der Waals surface area (Å²) in [7, 11) is 1.35. The first-order chi connectivity index (χ1) is 7.88. The van der Waals surface area contributed by atoms with Crippen molar-refractivity contribution in [3.05, 3.63) is 37.9 Å². The second-order valence-corrected chi connectivity index (χ2v) is 3.02. The fourth-order valence-electron chi connectivity index (χ4n) is 1.32. The molecule has 0 unspecified atom stereocenters. The second-order valence-electron chi connectivity index (χ2n) is 3.02. The molecule has 0 aliphatic heterocycles. The van der Waals surface area contributed by atoms with Crippen LogP contribution in [0.15, 0.2) is 12.1 Å². The maximum absolute atomic E-state index is 11.1. The number of nitro groups is 2. The Hall–Kier alpha value is -2.71. The summed E-state index contributed by atoms with van der Waals surface area (Å²) in [6.45, 7) is 0. The average Bonchev–Trinajstić information content (AvgIpc) is 2.26. The molecule has 0 saturated heterocycles. The van der Waals surface area contributed by atoms with Crippen LogP contribution in [0.2, 0.25) is 0 Å². The first-order valence-electron chi connectivity index (χ1n) is 4.33. The number of rotatable bonds is 4. The van der Waals surface area contributed by atoms with Crippen LogP contribution in [0.25, 0.3) is 0 Å². The van der Waals surface area contributed by atoms with Crippen molar-refractivity contribution in [1.82, 2.24) is 0 Å². The zero-order valence-electron chi connectivity index (χ0n) is 8.67. The summed E-state index contributed by atoms with van der Waals surface area (Å²) in [5.41, 5.74) is 3.42. The minimum absolute atomic E-state index is 0.145. The number of amides is 1. The third kappa shape index (κ3) is 2.27. The van der Waals surface area contributed by atoms with Gasteiger partial charge in [0.1, 0.15) is 5.69 Å². The number of anilines is 1. The third-order valence-corrected chi connectivity index (χ3v) is 2.03. The monoisotopic (exact) mass is 240 g/mol. The first-order valence-corrected chi connectivity index (χ1v) is 4.33. The average molecular weight is 240 g/mol. The van der Waals surface area contributed by atoms with Crippen molar-refractivity contribution in [2.75, 3.05) is 12.4 Å². The standard InChI is InChI=1S/C8H8N4O5/c1-10-7-5(8(9)13)2-4(11(14)15)3-6(7)12(16)17/h2-3,10H,1H3,(H2,9,13). The Morgan fingerprint density at radius 2 is 1.88 bits per heavy atom. The van der Waals surface area contributed by atoms with Crippen LogP contribution >= 0.6 is 0 Å². The van der Waals surface area contributed by atoms with E-state index in [1.807, 2.05) is 0 Å². The number of nitro benzene ring substituents is 2. The van der Waals surface area contributed by atoms with Gasteiger partial charge in [-0.05, 0) is 0 Å². The molecule has 0 aromatic heterocycles. The Morgan fingerprint density at radius 3 is 2.24 bits per heavy atom. The molecule has 1 aromatic carbocycles. The van der Waals surface area contributed by atoms with Crippen LogP contribution in [0.3, 0.4) is 0 Å². The Morgan fingerprint density at radius 1 is 1.29 bits per heavy atom. The number of nitrogens with two attached hydrogens (primary N) is 1. The van der Waals surface area contributed by atoms with Crippen molar-refractivity contribution in [2.45, 2.75) is 0 Å². The summed E-state index contributed by atoms with van der Waals surface area (Å²) in [5.74, 6) is -0.985. The van der Waals surface area contributed by atoms with Crippen molar-refractivity contribution in [3.63, 3.8) is 0 Å². The topological polar surface area (TPSA) is 141 Å². The van der Waals surface area contributed by atoms with E-state index in [1.54, 1.807) is 0 Å². The zero-order chi connectivity index (χ0) is 13.2. The van der Waals surface area contributed by atoms with Gasteiger partial charge in [-0.2, -0.15) is 0 Å².